The summed E-state index contributed by atoms with van der Waals surface area (Å²) in [7, 11) is 0. The zero-order valence-corrected chi connectivity index (χ0v) is 9.00. The fraction of sp³-hybridized carbons (Fsp3) is 0.667. The number of carbonyl (C=O) groups excluding carboxylic acids is 2. The predicted molar refractivity (Wildman–Crippen MR) is 58.2 cm³/mol. The number of allylic oxidation sites excluding steroid dienone is 2. The third kappa shape index (κ3) is 9.17. The molecule has 0 aliphatic carbocycles. The highest BCUT2D eigenvalue weighted by molar-refractivity contribution is 6.25. The number of unbranched alkanes of at least 4 members (excludes halogenated alkanes) is 5. The Balaban J connectivity index is 3.18. The SMILES string of the molecule is CCCCCCCC=CCC(=O)C=O. The molecule has 14 heavy (non-hydrogen) atoms. The van der Waals surface area contributed by atoms with E-state index in [1.54, 1.807) is 6.08 Å². The van der Waals surface area contributed by atoms with Crippen LogP contribution in [0, 0.1) is 0 Å². The van der Waals surface area contributed by atoms with Crippen LogP contribution < -0.4 is 0 Å². The highest BCUT2D eigenvalue weighted by atomic mass is 16.2. The minimum absolute atomic E-state index is 0.262. The van der Waals surface area contributed by atoms with Crippen LogP contribution in [0.4, 0.5) is 0 Å². The Bertz CT molecular complexity index is 183. The van der Waals surface area contributed by atoms with Gasteiger partial charge in [0.05, 0.1) is 0 Å². The summed E-state index contributed by atoms with van der Waals surface area (Å²) in [5.74, 6) is -0.341. The quantitative estimate of drug-likeness (QED) is 0.246. The number of rotatable bonds is 9. The molecule has 0 aliphatic heterocycles. The molecule has 0 N–H and O–H groups in total. The Labute approximate surface area is 86.4 Å². The van der Waals surface area contributed by atoms with E-state index in [0.29, 0.717) is 6.29 Å². The molecule has 0 saturated carbocycles. The fourth-order valence-electron chi connectivity index (χ4n) is 1.23. The molecule has 0 aromatic rings. The molecule has 2 heteroatoms. The third-order valence-corrected chi connectivity index (χ3v) is 2.09. The zero-order chi connectivity index (χ0) is 10.6. The van der Waals surface area contributed by atoms with Gasteiger partial charge in [-0.25, -0.2) is 0 Å². The molecule has 2 nitrogen and oxygen atoms in total. The van der Waals surface area contributed by atoms with Crippen LogP contribution in [0.1, 0.15) is 51.9 Å². The Kier molecular flexibility index (Phi) is 9.49. The lowest BCUT2D eigenvalue weighted by atomic mass is 10.1. The van der Waals surface area contributed by atoms with E-state index in [1.807, 2.05) is 6.08 Å². The van der Waals surface area contributed by atoms with Crippen molar-refractivity contribution < 1.29 is 9.59 Å². The van der Waals surface area contributed by atoms with Gasteiger partial charge in [0, 0.05) is 6.42 Å². The van der Waals surface area contributed by atoms with Crippen molar-refractivity contribution in [3.8, 4) is 0 Å². The molecular formula is C12H20O2. The Morgan fingerprint density at radius 1 is 1.07 bits per heavy atom. The van der Waals surface area contributed by atoms with Crippen molar-refractivity contribution in [3.05, 3.63) is 12.2 Å². The van der Waals surface area contributed by atoms with E-state index >= 15 is 0 Å². The van der Waals surface area contributed by atoms with Crippen molar-refractivity contribution in [2.24, 2.45) is 0 Å². The lowest BCUT2D eigenvalue weighted by Gasteiger charge is -1.95. The van der Waals surface area contributed by atoms with Gasteiger partial charge in [0.2, 0.25) is 0 Å². The number of ketones is 1. The Morgan fingerprint density at radius 3 is 2.43 bits per heavy atom. The molecule has 0 atom stereocenters. The molecule has 0 amide bonds. The molecule has 0 aromatic carbocycles. The number of hydrogen-bond donors (Lipinski definition) is 0. The second kappa shape index (κ2) is 10.2. The average Bonchev–Trinajstić information content (AvgIpc) is 2.21. The first-order chi connectivity index (χ1) is 6.81. The third-order valence-electron chi connectivity index (χ3n) is 2.09. The van der Waals surface area contributed by atoms with E-state index in [0.717, 1.165) is 6.42 Å². The number of Topliss-reactive ketones (excluding diaryl/α,β-unsaturated/α-hetero) is 1. The van der Waals surface area contributed by atoms with E-state index in [4.69, 9.17) is 0 Å². The standard InChI is InChI=1S/C12H20O2/c1-2-3-4-5-6-7-8-9-10-12(14)11-13/h8-9,11H,2-7,10H2,1H3. The molecule has 0 aliphatic rings. The monoisotopic (exact) mass is 196 g/mol. The van der Waals surface area contributed by atoms with Gasteiger partial charge < -0.3 is 0 Å². The Hall–Kier alpha value is -0.920. The van der Waals surface area contributed by atoms with Crippen LogP contribution >= 0.6 is 0 Å². The highest BCUT2D eigenvalue weighted by Gasteiger charge is 1.92. The largest absolute Gasteiger partial charge is 0.295 e. The lowest BCUT2D eigenvalue weighted by molar-refractivity contribution is -0.129. The summed E-state index contributed by atoms with van der Waals surface area (Å²) < 4.78 is 0. The van der Waals surface area contributed by atoms with Crippen molar-refractivity contribution in [2.45, 2.75) is 51.9 Å². The maximum atomic E-state index is 10.6. The van der Waals surface area contributed by atoms with Crippen molar-refractivity contribution in [1.29, 1.82) is 0 Å². The van der Waals surface area contributed by atoms with Crippen molar-refractivity contribution >= 4 is 12.1 Å². The second-order valence-corrected chi connectivity index (χ2v) is 3.46. The van der Waals surface area contributed by atoms with Crippen molar-refractivity contribution in [3.63, 3.8) is 0 Å². The molecule has 0 bridgehead atoms. The summed E-state index contributed by atoms with van der Waals surface area (Å²) in [6.07, 6.45) is 11.8. The molecule has 0 spiro atoms. The normalized spacial score (nSPS) is 10.6. The van der Waals surface area contributed by atoms with Gasteiger partial charge in [0.1, 0.15) is 0 Å². The first-order valence-corrected chi connectivity index (χ1v) is 5.44. The molecule has 0 rings (SSSR count). The topological polar surface area (TPSA) is 34.1 Å². The summed E-state index contributed by atoms with van der Waals surface area (Å²) >= 11 is 0. The summed E-state index contributed by atoms with van der Waals surface area (Å²) in [5.41, 5.74) is 0. The summed E-state index contributed by atoms with van der Waals surface area (Å²) in [5, 5.41) is 0. The predicted octanol–water partition coefficient (Wildman–Crippen LogP) is 3.06. The molecule has 0 unspecified atom stereocenters. The van der Waals surface area contributed by atoms with E-state index in [1.165, 1.54) is 32.1 Å². The van der Waals surface area contributed by atoms with Crippen LogP contribution in [-0.2, 0) is 9.59 Å². The molecule has 0 saturated heterocycles. The number of carbonyl (C=O) groups is 2. The maximum absolute atomic E-state index is 10.6. The van der Waals surface area contributed by atoms with E-state index < -0.39 is 0 Å². The van der Waals surface area contributed by atoms with Gasteiger partial charge in [-0.1, -0.05) is 44.8 Å². The second-order valence-electron chi connectivity index (χ2n) is 3.46. The number of aldehydes is 1. The average molecular weight is 196 g/mol. The van der Waals surface area contributed by atoms with Gasteiger partial charge in [-0.2, -0.15) is 0 Å². The van der Waals surface area contributed by atoms with Crippen LogP contribution in [0.5, 0.6) is 0 Å². The summed E-state index contributed by atoms with van der Waals surface area (Å²) in [6.45, 7) is 2.20. The zero-order valence-electron chi connectivity index (χ0n) is 9.00. The van der Waals surface area contributed by atoms with Crippen LogP contribution in [0.25, 0.3) is 0 Å². The van der Waals surface area contributed by atoms with Gasteiger partial charge >= 0.3 is 0 Å². The van der Waals surface area contributed by atoms with E-state index in [9.17, 15) is 9.59 Å². The lowest BCUT2D eigenvalue weighted by Crippen LogP contribution is -1.94. The van der Waals surface area contributed by atoms with Crippen molar-refractivity contribution in [1.82, 2.24) is 0 Å². The first kappa shape index (κ1) is 13.1. The molecular weight excluding hydrogens is 176 g/mol. The van der Waals surface area contributed by atoms with Crippen LogP contribution in [0.2, 0.25) is 0 Å². The first-order valence-electron chi connectivity index (χ1n) is 5.44. The minimum atomic E-state index is -0.341. The van der Waals surface area contributed by atoms with Crippen LogP contribution in [0.15, 0.2) is 12.2 Å². The van der Waals surface area contributed by atoms with E-state index in [-0.39, 0.29) is 12.2 Å². The molecule has 0 fully saturated rings. The van der Waals surface area contributed by atoms with Crippen LogP contribution in [-0.4, -0.2) is 12.1 Å². The summed E-state index contributed by atoms with van der Waals surface area (Å²) in [6, 6.07) is 0. The van der Waals surface area contributed by atoms with Crippen molar-refractivity contribution in [2.75, 3.05) is 0 Å². The van der Waals surface area contributed by atoms with E-state index in [2.05, 4.69) is 6.92 Å². The van der Waals surface area contributed by atoms with Gasteiger partial charge in [-0.05, 0) is 12.8 Å². The maximum Gasteiger partial charge on any atom is 0.198 e. The van der Waals surface area contributed by atoms with Gasteiger partial charge in [-0.3, -0.25) is 9.59 Å². The smallest absolute Gasteiger partial charge is 0.198 e. The summed E-state index contributed by atoms with van der Waals surface area (Å²) in [4.78, 5) is 20.5. The van der Waals surface area contributed by atoms with Crippen LogP contribution in [0.3, 0.4) is 0 Å². The molecule has 80 valence electrons. The molecule has 0 radical (unpaired) electrons. The number of hydrogen-bond acceptors (Lipinski definition) is 2. The molecule has 0 heterocycles. The van der Waals surface area contributed by atoms with Gasteiger partial charge in [0.15, 0.2) is 12.1 Å². The van der Waals surface area contributed by atoms with Gasteiger partial charge in [0.25, 0.3) is 0 Å². The minimum Gasteiger partial charge on any atom is -0.295 e. The van der Waals surface area contributed by atoms with Gasteiger partial charge in [-0.15, -0.1) is 0 Å². The fourth-order valence-corrected chi connectivity index (χ4v) is 1.23. The highest BCUT2D eigenvalue weighted by Crippen LogP contribution is 2.05. The molecule has 0 aromatic heterocycles. The Morgan fingerprint density at radius 2 is 1.79 bits per heavy atom.